The van der Waals surface area contributed by atoms with Gasteiger partial charge >= 0.3 is 0 Å². The van der Waals surface area contributed by atoms with Gasteiger partial charge in [-0.2, -0.15) is 0 Å². The van der Waals surface area contributed by atoms with Crippen molar-refractivity contribution >= 4 is 33.3 Å². The van der Waals surface area contributed by atoms with Gasteiger partial charge in [-0.1, -0.05) is 12.1 Å². The highest BCUT2D eigenvalue weighted by Gasteiger charge is 2.27. The van der Waals surface area contributed by atoms with Gasteiger partial charge in [0.25, 0.3) is 0 Å². The normalized spacial score (nSPS) is 16.7. The van der Waals surface area contributed by atoms with Crippen LogP contribution in [0.3, 0.4) is 0 Å². The van der Waals surface area contributed by atoms with Crippen molar-refractivity contribution in [2.24, 2.45) is 0 Å². The highest BCUT2D eigenvalue weighted by molar-refractivity contribution is 7.89. The highest BCUT2D eigenvalue weighted by atomic mass is 32.2. The molecule has 29 heavy (non-hydrogen) atoms. The first-order valence-electron chi connectivity index (χ1n) is 10.1. The van der Waals surface area contributed by atoms with E-state index in [2.05, 4.69) is 15.0 Å². The number of rotatable bonds is 8. The van der Waals surface area contributed by atoms with E-state index in [4.69, 9.17) is 0 Å². The molecule has 0 unspecified atom stereocenters. The molecular formula is C21H25N3O3S2. The van der Waals surface area contributed by atoms with Crippen LogP contribution in [0.25, 0.3) is 6.08 Å². The summed E-state index contributed by atoms with van der Waals surface area (Å²) in [4.78, 5) is 18.4. The molecule has 1 amide bonds. The first-order chi connectivity index (χ1) is 14.0. The summed E-state index contributed by atoms with van der Waals surface area (Å²) in [5.74, 6) is -0.168. The van der Waals surface area contributed by atoms with E-state index in [-0.39, 0.29) is 16.8 Å². The van der Waals surface area contributed by atoms with Gasteiger partial charge in [0, 0.05) is 30.0 Å². The van der Waals surface area contributed by atoms with E-state index >= 15 is 0 Å². The Morgan fingerprint density at radius 2 is 1.93 bits per heavy atom. The number of benzene rings is 1. The topological polar surface area (TPSA) is 88.2 Å². The number of aromatic nitrogens is 1. The Kier molecular flexibility index (Phi) is 6.12. The van der Waals surface area contributed by atoms with Crippen molar-refractivity contribution in [3.8, 4) is 0 Å². The average molecular weight is 432 g/mol. The summed E-state index contributed by atoms with van der Waals surface area (Å²) in [6.45, 7) is 0.555. The molecule has 0 radical (unpaired) electrons. The lowest BCUT2D eigenvalue weighted by atomic mass is 10.0. The molecule has 2 N–H and O–H groups in total. The quantitative estimate of drug-likeness (QED) is 0.629. The molecular weight excluding hydrogens is 406 g/mol. The summed E-state index contributed by atoms with van der Waals surface area (Å²) >= 11 is 1.77. The predicted molar refractivity (Wildman–Crippen MR) is 114 cm³/mol. The van der Waals surface area contributed by atoms with E-state index in [1.807, 2.05) is 0 Å². The third-order valence-corrected chi connectivity index (χ3v) is 7.80. The molecule has 0 atom stereocenters. The minimum atomic E-state index is -3.44. The second kappa shape index (κ2) is 8.77. The number of hydrogen-bond acceptors (Lipinski definition) is 5. The Bertz CT molecular complexity index is 983. The zero-order valence-corrected chi connectivity index (χ0v) is 17.8. The smallest absolute Gasteiger partial charge is 0.244 e. The largest absolute Gasteiger partial charge is 0.352 e. The highest BCUT2D eigenvalue weighted by Crippen LogP contribution is 2.26. The molecule has 0 aliphatic heterocycles. The summed E-state index contributed by atoms with van der Waals surface area (Å²) < 4.78 is 27.0. The fraction of sp³-hybridized carbons (Fsp3) is 0.429. The van der Waals surface area contributed by atoms with Gasteiger partial charge in [0.2, 0.25) is 15.9 Å². The number of aryl methyl sites for hydroxylation is 2. The summed E-state index contributed by atoms with van der Waals surface area (Å²) in [6.07, 6.45) is 10.4. The van der Waals surface area contributed by atoms with Gasteiger partial charge < -0.3 is 5.32 Å². The van der Waals surface area contributed by atoms with Crippen molar-refractivity contribution in [1.29, 1.82) is 0 Å². The van der Waals surface area contributed by atoms with E-state index in [0.717, 1.165) is 42.7 Å². The maximum Gasteiger partial charge on any atom is 0.244 e. The third kappa shape index (κ3) is 5.52. The number of carbonyl (C=O) groups excluding carboxylic acids is 1. The third-order valence-electron chi connectivity index (χ3n) is 5.04. The molecule has 4 rings (SSSR count). The van der Waals surface area contributed by atoms with Crippen LogP contribution in [0, 0.1) is 0 Å². The Morgan fingerprint density at radius 1 is 1.17 bits per heavy atom. The summed E-state index contributed by atoms with van der Waals surface area (Å²) in [5, 5.41) is 3.98. The van der Waals surface area contributed by atoms with Crippen LogP contribution in [0.15, 0.2) is 35.2 Å². The fourth-order valence-corrected chi connectivity index (χ4v) is 5.74. The standard InChI is InChI=1S/C21H25N3O3S2/c25-20(22-14-13-21-23-18-3-1-2-4-19(18)28-21)12-7-15-5-10-17(11-6-15)29(26,27)24-16-8-9-16/h5-7,10-12,16,24H,1-4,8-9,13-14H2,(H,22,25)/b12-7+. The SMILES string of the molecule is O=C(/C=C/c1ccc(S(=O)(=O)NC2CC2)cc1)NCCc1nc2c(s1)CCCC2. The van der Waals surface area contributed by atoms with E-state index < -0.39 is 10.0 Å². The van der Waals surface area contributed by atoms with Crippen LogP contribution in [-0.2, 0) is 34.1 Å². The average Bonchev–Trinajstić information content (AvgIpc) is 3.41. The molecule has 2 aliphatic rings. The van der Waals surface area contributed by atoms with Gasteiger partial charge in [-0.15, -0.1) is 11.3 Å². The summed E-state index contributed by atoms with van der Waals surface area (Å²) in [7, 11) is -3.44. The molecule has 0 saturated heterocycles. The van der Waals surface area contributed by atoms with Crippen molar-refractivity contribution in [2.45, 2.75) is 55.9 Å². The molecule has 1 heterocycles. The molecule has 6 nitrogen and oxygen atoms in total. The van der Waals surface area contributed by atoms with Crippen LogP contribution in [0.5, 0.6) is 0 Å². The number of nitrogens with one attached hydrogen (secondary N) is 2. The van der Waals surface area contributed by atoms with Crippen molar-refractivity contribution in [2.75, 3.05) is 6.54 Å². The molecule has 1 aromatic heterocycles. The fourth-order valence-electron chi connectivity index (χ4n) is 3.28. The number of fused-ring (bicyclic) bond motifs is 1. The molecule has 154 valence electrons. The van der Waals surface area contributed by atoms with Gasteiger partial charge in [0.1, 0.15) is 0 Å². The molecule has 1 aromatic carbocycles. The second-order valence-electron chi connectivity index (χ2n) is 7.52. The molecule has 2 aliphatic carbocycles. The number of amides is 1. The Labute approximate surface area is 175 Å². The number of sulfonamides is 1. The van der Waals surface area contributed by atoms with Gasteiger partial charge in [0.15, 0.2) is 0 Å². The van der Waals surface area contributed by atoms with Crippen LogP contribution in [0.1, 0.15) is 46.8 Å². The molecule has 1 fully saturated rings. The van der Waals surface area contributed by atoms with Crippen LogP contribution < -0.4 is 10.0 Å². The van der Waals surface area contributed by atoms with Gasteiger partial charge in [0.05, 0.1) is 15.6 Å². The number of carbonyl (C=O) groups is 1. The zero-order valence-electron chi connectivity index (χ0n) is 16.2. The minimum absolute atomic E-state index is 0.0816. The van der Waals surface area contributed by atoms with Crippen molar-refractivity contribution in [1.82, 2.24) is 15.0 Å². The Morgan fingerprint density at radius 3 is 2.66 bits per heavy atom. The van der Waals surface area contributed by atoms with Gasteiger partial charge in [-0.05, 0) is 62.3 Å². The second-order valence-corrected chi connectivity index (χ2v) is 10.4. The van der Waals surface area contributed by atoms with Crippen molar-refractivity contribution in [3.63, 3.8) is 0 Å². The number of nitrogens with zero attached hydrogens (tertiary/aromatic N) is 1. The van der Waals surface area contributed by atoms with E-state index in [0.29, 0.717) is 6.54 Å². The molecule has 1 saturated carbocycles. The van der Waals surface area contributed by atoms with Gasteiger partial charge in [-0.3, -0.25) is 4.79 Å². The molecule has 2 aromatic rings. The lowest BCUT2D eigenvalue weighted by Gasteiger charge is -2.06. The number of thiazole rings is 1. The van der Waals surface area contributed by atoms with E-state index in [9.17, 15) is 13.2 Å². The monoisotopic (exact) mass is 431 g/mol. The van der Waals surface area contributed by atoms with Crippen molar-refractivity contribution < 1.29 is 13.2 Å². The first kappa shape index (κ1) is 20.3. The first-order valence-corrected chi connectivity index (χ1v) is 12.4. The Balaban J connectivity index is 1.25. The molecule has 0 bridgehead atoms. The van der Waals surface area contributed by atoms with Crippen LogP contribution in [0.4, 0.5) is 0 Å². The van der Waals surface area contributed by atoms with Crippen LogP contribution >= 0.6 is 11.3 Å². The Hall–Kier alpha value is -2.03. The zero-order chi connectivity index (χ0) is 20.3. The number of hydrogen-bond donors (Lipinski definition) is 2. The van der Waals surface area contributed by atoms with E-state index in [1.165, 1.54) is 29.5 Å². The molecule has 0 spiro atoms. The van der Waals surface area contributed by atoms with E-state index in [1.54, 1.807) is 41.7 Å². The van der Waals surface area contributed by atoms with Crippen molar-refractivity contribution in [3.05, 3.63) is 51.5 Å². The lowest BCUT2D eigenvalue weighted by Crippen LogP contribution is -2.25. The predicted octanol–water partition coefficient (Wildman–Crippen LogP) is 2.83. The lowest BCUT2D eigenvalue weighted by molar-refractivity contribution is -0.116. The maximum absolute atomic E-state index is 12.2. The van der Waals surface area contributed by atoms with Gasteiger partial charge in [-0.25, -0.2) is 18.1 Å². The summed E-state index contributed by atoms with van der Waals surface area (Å²) in [6, 6.07) is 6.61. The molecule has 8 heteroatoms. The summed E-state index contributed by atoms with van der Waals surface area (Å²) in [5.41, 5.74) is 2.03. The van der Waals surface area contributed by atoms with Crippen LogP contribution in [0.2, 0.25) is 0 Å². The maximum atomic E-state index is 12.2. The minimum Gasteiger partial charge on any atom is -0.352 e. The van der Waals surface area contributed by atoms with Crippen LogP contribution in [-0.4, -0.2) is 31.9 Å².